The van der Waals surface area contributed by atoms with Crippen molar-refractivity contribution < 1.29 is 28.6 Å². The third-order valence-electron chi connectivity index (χ3n) is 12.7. The molecule has 0 aromatic heterocycles. The van der Waals surface area contributed by atoms with Crippen LogP contribution >= 0.6 is 0 Å². The van der Waals surface area contributed by atoms with E-state index in [2.05, 4.69) is 130 Å². The number of ether oxygens (including phenoxy) is 3. The van der Waals surface area contributed by atoms with E-state index in [1.165, 1.54) is 96.3 Å². The molecule has 0 rings (SSSR count). The van der Waals surface area contributed by atoms with Crippen molar-refractivity contribution >= 4 is 17.9 Å². The van der Waals surface area contributed by atoms with Crippen LogP contribution in [0.25, 0.3) is 0 Å². The summed E-state index contributed by atoms with van der Waals surface area (Å²) in [6.07, 6.45) is 82.2. The minimum absolute atomic E-state index is 0.0899. The Morgan fingerprint density at radius 1 is 0.288 bits per heavy atom. The van der Waals surface area contributed by atoms with Crippen molar-refractivity contribution in [1.29, 1.82) is 0 Å². The standard InChI is InChI=1S/C67H112O6/c1-4-7-10-13-16-19-22-25-27-29-30-31-32-33-34-35-36-38-39-42-45-48-51-54-57-60-66(69)72-63-64(62-71-65(68)59-56-53-50-47-44-41-24-21-18-15-12-9-6-3)73-67(70)61-58-55-52-49-46-43-40-37-28-26-23-20-17-14-11-8-5-2/h7,10,12,15-17,19-21,24-28,30-31,33-34,64H,4-6,8-9,11,13-14,18,22-23,29,32,35-63H2,1-3H3/b10-7-,15-12-,19-16-,20-17-,24-21-,27-25-,28-26-,31-30-,34-33-. The Bertz CT molecular complexity index is 1490. The van der Waals surface area contributed by atoms with E-state index in [9.17, 15) is 14.4 Å². The number of hydrogen-bond donors (Lipinski definition) is 0. The Hall–Kier alpha value is -3.93. The summed E-state index contributed by atoms with van der Waals surface area (Å²) in [7, 11) is 0. The number of hydrogen-bond acceptors (Lipinski definition) is 6. The van der Waals surface area contributed by atoms with Crippen LogP contribution in [-0.2, 0) is 28.6 Å². The minimum atomic E-state index is -0.793. The summed E-state index contributed by atoms with van der Waals surface area (Å²) in [4.78, 5) is 38.2. The summed E-state index contributed by atoms with van der Waals surface area (Å²) in [5.74, 6) is -0.914. The fourth-order valence-corrected chi connectivity index (χ4v) is 8.18. The predicted molar refractivity (Wildman–Crippen MR) is 316 cm³/mol. The first-order valence-corrected chi connectivity index (χ1v) is 30.4. The van der Waals surface area contributed by atoms with E-state index in [4.69, 9.17) is 14.2 Å². The Morgan fingerprint density at radius 2 is 0.562 bits per heavy atom. The number of carbonyl (C=O) groups excluding carboxylic acids is 3. The van der Waals surface area contributed by atoms with E-state index in [0.29, 0.717) is 19.3 Å². The highest BCUT2D eigenvalue weighted by atomic mass is 16.6. The molecule has 0 fully saturated rings. The molecule has 0 aromatic carbocycles. The van der Waals surface area contributed by atoms with Gasteiger partial charge in [0.05, 0.1) is 0 Å². The summed E-state index contributed by atoms with van der Waals surface area (Å²) >= 11 is 0. The Morgan fingerprint density at radius 3 is 0.890 bits per heavy atom. The number of rotatable bonds is 54. The first kappa shape index (κ1) is 69.1. The van der Waals surface area contributed by atoms with E-state index in [-0.39, 0.29) is 31.1 Å². The van der Waals surface area contributed by atoms with Gasteiger partial charge in [-0.05, 0) is 122 Å². The highest BCUT2D eigenvalue weighted by molar-refractivity contribution is 5.71. The molecule has 0 bridgehead atoms. The number of allylic oxidation sites excluding steroid dienone is 18. The van der Waals surface area contributed by atoms with Crippen LogP contribution in [0.5, 0.6) is 0 Å². The van der Waals surface area contributed by atoms with Gasteiger partial charge in [0.25, 0.3) is 0 Å². The fraction of sp³-hybridized carbons (Fsp3) is 0.687. The van der Waals surface area contributed by atoms with Gasteiger partial charge in [-0.2, -0.15) is 0 Å². The van der Waals surface area contributed by atoms with Gasteiger partial charge in [0.2, 0.25) is 0 Å². The lowest BCUT2D eigenvalue weighted by molar-refractivity contribution is -0.167. The van der Waals surface area contributed by atoms with E-state index in [0.717, 1.165) is 141 Å². The lowest BCUT2D eigenvalue weighted by Gasteiger charge is -2.18. The van der Waals surface area contributed by atoms with Gasteiger partial charge in [0.1, 0.15) is 13.2 Å². The molecule has 0 aliphatic rings. The van der Waals surface area contributed by atoms with E-state index in [1.807, 2.05) is 0 Å². The Balaban J connectivity index is 4.36. The number of unbranched alkanes of at least 4 members (excludes halogenated alkanes) is 25. The van der Waals surface area contributed by atoms with E-state index in [1.54, 1.807) is 0 Å². The van der Waals surface area contributed by atoms with Crippen LogP contribution in [0.4, 0.5) is 0 Å². The summed E-state index contributed by atoms with van der Waals surface area (Å²) in [5, 5.41) is 0. The van der Waals surface area contributed by atoms with Crippen molar-refractivity contribution in [3.05, 3.63) is 109 Å². The zero-order valence-electron chi connectivity index (χ0n) is 47.6. The smallest absolute Gasteiger partial charge is 0.306 e. The summed E-state index contributed by atoms with van der Waals surface area (Å²) in [6, 6.07) is 0. The maximum Gasteiger partial charge on any atom is 0.306 e. The zero-order valence-corrected chi connectivity index (χ0v) is 47.6. The molecule has 0 aliphatic carbocycles. The topological polar surface area (TPSA) is 78.9 Å². The van der Waals surface area contributed by atoms with Crippen LogP contribution in [-0.4, -0.2) is 37.2 Å². The molecule has 0 saturated carbocycles. The predicted octanol–water partition coefficient (Wildman–Crippen LogP) is 20.7. The minimum Gasteiger partial charge on any atom is -0.462 e. The van der Waals surface area contributed by atoms with Crippen molar-refractivity contribution in [2.45, 2.75) is 284 Å². The molecule has 73 heavy (non-hydrogen) atoms. The first-order valence-electron chi connectivity index (χ1n) is 30.4. The lowest BCUT2D eigenvalue weighted by Crippen LogP contribution is -2.30. The second-order valence-electron chi connectivity index (χ2n) is 19.9. The quantitative estimate of drug-likeness (QED) is 0.0261. The SMILES string of the molecule is CC/C=C\C/C=C\C/C=C\C/C=C\C/C=C\CCCCCCCCCCCC(=O)OCC(COC(=O)CCCCCCC/C=C\C/C=C\CCC)OC(=O)CCCCCCCCC/C=C\C/C=C\CCCCC. The average Bonchev–Trinajstić information content (AvgIpc) is 3.39. The third-order valence-corrected chi connectivity index (χ3v) is 12.7. The number of esters is 3. The van der Waals surface area contributed by atoms with Gasteiger partial charge in [0, 0.05) is 19.3 Å². The van der Waals surface area contributed by atoms with Crippen molar-refractivity contribution in [2.75, 3.05) is 13.2 Å². The maximum absolute atomic E-state index is 12.9. The Labute approximate surface area is 450 Å². The molecule has 0 saturated heterocycles. The van der Waals surface area contributed by atoms with Crippen LogP contribution in [0.2, 0.25) is 0 Å². The fourth-order valence-electron chi connectivity index (χ4n) is 8.18. The van der Waals surface area contributed by atoms with Crippen LogP contribution in [0.1, 0.15) is 278 Å². The number of carbonyl (C=O) groups is 3. The van der Waals surface area contributed by atoms with E-state index >= 15 is 0 Å². The molecule has 1 atom stereocenters. The lowest BCUT2D eigenvalue weighted by atomic mass is 10.1. The van der Waals surface area contributed by atoms with Gasteiger partial charge in [-0.15, -0.1) is 0 Å². The van der Waals surface area contributed by atoms with Gasteiger partial charge < -0.3 is 14.2 Å². The van der Waals surface area contributed by atoms with Gasteiger partial charge in [-0.25, -0.2) is 0 Å². The van der Waals surface area contributed by atoms with Crippen LogP contribution in [0.3, 0.4) is 0 Å². The molecule has 0 N–H and O–H groups in total. The molecule has 6 nitrogen and oxygen atoms in total. The summed E-state index contributed by atoms with van der Waals surface area (Å²) in [6.45, 7) is 6.42. The monoisotopic (exact) mass is 1010 g/mol. The molecule has 0 aliphatic heterocycles. The van der Waals surface area contributed by atoms with Gasteiger partial charge >= 0.3 is 17.9 Å². The molecule has 0 radical (unpaired) electrons. The largest absolute Gasteiger partial charge is 0.462 e. The molecule has 416 valence electrons. The molecule has 0 aromatic rings. The first-order chi connectivity index (χ1) is 36.0. The molecule has 0 heterocycles. The summed E-state index contributed by atoms with van der Waals surface area (Å²) in [5.41, 5.74) is 0. The van der Waals surface area contributed by atoms with Crippen molar-refractivity contribution in [3.8, 4) is 0 Å². The average molecular weight is 1010 g/mol. The van der Waals surface area contributed by atoms with Gasteiger partial charge in [-0.1, -0.05) is 246 Å². The second kappa shape index (κ2) is 60.6. The van der Waals surface area contributed by atoms with Gasteiger partial charge in [0.15, 0.2) is 6.10 Å². The molecule has 1 unspecified atom stereocenters. The molecule has 0 spiro atoms. The molecular weight excluding hydrogens is 901 g/mol. The zero-order chi connectivity index (χ0) is 52.9. The van der Waals surface area contributed by atoms with Crippen LogP contribution in [0.15, 0.2) is 109 Å². The van der Waals surface area contributed by atoms with Crippen molar-refractivity contribution in [2.24, 2.45) is 0 Å². The summed E-state index contributed by atoms with van der Waals surface area (Å²) < 4.78 is 16.9. The molecule has 0 amide bonds. The van der Waals surface area contributed by atoms with Crippen LogP contribution < -0.4 is 0 Å². The van der Waals surface area contributed by atoms with E-state index < -0.39 is 6.10 Å². The maximum atomic E-state index is 12.9. The van der Waals surface area contributed by atoms with Crippen molar-refractivity contribution in [1.82, 2.24) is 0 Å². The molecule has 6 heteroatoms. The van der Waals surface area contributed by atoms with Crippen LogP contribution in [0, 0.1) is 0 Å². The normalized spacial score (nSPS) is 12.9. The van der Waals surface area contributed by atoms with Crippen molar-refractivity contribution in [3.63, 3.8) is 0 Å². The molecular formula is C67H112O6. The third kappa shape index (κ3) is 58.8. The second-order valence-corrected chi connectivity index (χ2v) is 19.9. The van der Waals surface area contributed by atoms with Gasteiger partial charge in [-0.3, -0.25) is 14.4 Å². The Kier molecular flexibility index (Phi) is 57.4. The highest BCUT2D eigenvalue weighted by Gasteiger charge is 2.19. The highest BCUT2D eigenvalue weighted by Crippen LogP contribution is 2.15.